The van der Waals surface area contributed by atoms with Gasteiger partial charge in [-0.2, -0.15) is 0 Å². The Kier molecular flexibility index (Phi) is 4.17. The first-order valence-corrected chi connectivity index (χ1v) is 7.54. The van der Waals surface area contributed by atoms with Crippen LogP contribution in [0.5, 0.6) is 0 Å². The first-order chi connectivity index (χ1) is 9.44. The van der Waals surface area contributed by atoms with Crippen LogP contribution < -0.4 is 10.5 Å². The van der Waals surface area contributed by atoms with Crippen molar-refractivity contribution < 1.29 is 8.42 Å². The summed E-state index contributed by atoms with van der Waals surface area (Å²) in [5, 5.41) is 7.53. The van der Waals surface area contributed by atoms with Crippen LogP contribution in [-0.2, 0) is 30.2 Å². The minimum atomic E-state index is -3.58. The molecule has 1 heterocycles. The Balaban J connectivity index is 2.20. The van der Waals surface area contributed by atoms with Gasteiger partial charge in [-0.15, -0.1) is 10.2 Å². The molecule has 0 radical (unpaired) electrons. The molecule has 7 nitrogen and oxygen atoms in total. The van der Waals surface area contributed by atoms with E-state index in [1.54, 1.807) is 36.7 Å². The van der Waals surface area contributed by atoms with Crippen molar-refractivity contribution in [2.75, 3.05) is 0 Å². The van der Waals surface area contributed by atoms with Gasteiger partial charge in [0.05, 0.1) is 11.4 Å². The second kappa shape index (κ2) is 5.70. The van der Waals surface area contributed by atoms with Crippen LogP contribution in [0, 0.1) is 6.92 Å². The molecule has 20 heavy (non-hydrogen) atoms. The number of nitrogens with one attached hydrogen (secondary N) is 1. The third-order valence-corrected chi connectivity index (χ3v) is 4.55. The smallest absolute Gasteiger partial charge is 0.241 e. The zero-order valence-electron chi connectivity index (χ0n) is 11.4. The second-order valence-electron chi connectivity index (χ2n) is 4.49. The van der Waals surface area contributed by atoms with E-state index in [0.717, 1.165) is 5.56 Å². The van der Waals surface area contributed by atoms with Crippen LogP contribution >= 0.6 is 0 Å². The van der Waals surface area contributed by atoms with Gasteiger partial charge >= 0.3 is 0 Å². The van der Waals surface area contributed by atoms with Crippen molar-refractivity contribution in [1.82, 2.24) is 19.5 Å². The molecule has 8 heteroatoms. The van der Waals surface area contributed by atoms with Crippen LogP contribution in [0.15, 0.2) is 29.4 Å². The maximum absolute atomic E-state index is 12.3. The van der Waals surface area contributed by atoms with Crippen LogP contribution in [0.3, 0.4) is 0 Å². The van der Waals surface area contributed by atoms with E-state index >= 15 is 0 Å². The molecule has 0 spiro atoms. The predicted octanol–water partition coefficient (Wildman–Crippen LogP) is 0.0607. The molecular formula is C12H17N5O2S. The number of aromatic nitrogens is 3. The molecule has 108 valence electrons. The third-order valence-electron chi connectivity index (χ3n) is 2.99. The molecule has 0 unspecified atom stereocenters. The summed E-state index contributed by atoms with van der Waals surface area (Å²) >= 11 is 0. The summed E-state index contributed by atoms with van der Waals surface area (Å²) < 4.78 is 28.7. The predicted molar refractivity (Wildman–Crippen MR) is 74.1 cm³/mol. The summed E-state index contributed by atoms with van der Waals surface area (Å²) in [6, 6.07) is 5.05. The number of sulfonamides is 1. The van der Waals surface area contributed by atoms with Gasteiger partial charge < -0.3 is 10.3 Å². The fourth-order valence-corrected chi connectivity index (χ4v) is 3.05. The number of aryl methyl sites for hydroxylation is 2. The van der Waals surface area contributed by atoms with Crippen molar-refractivity contribution in [3.05, 3.63) is 41.5 Å². The average Bonchev–Trinajstić information content (AvgIpc) is 2.81. The quantitative estimate of drug-likeness (QED) is 0.812. The fraction of sp³-hybridized carbons (Fsp3) is 0.333. The molecule has 2 rings (SSSR count). The molecule has 0 saturated carbocycles. The summed E-state index contributed by atoms with van der Waals surface area (Å²) in [5.41, 5.74) is 7.10. The molecule has 1 aromatic heterocycles. The van der Waals surface area contributed by atoms with E-state index < -0.39 is 10.0 Å². The summed E-state index contributed by atoms with van der Waals surface area (Å²) in [4.78, 5) is 0.247. The van der Waals surface area contributed by atoms with E-state index in [9.17, 15) is 8.42 Å². The number of rotatable bonds is 5. The lowest BCUT2D eigenvalue weighted by atomic mass is 10.1. The Bertz CT molecular complexity index is 708. The Morgan fingerprint density at radius 3 is 2.70 bits per heavy atom. The maximum atomic E-state index is 12.3. The van der Waals surface area contributed by atoms with Gasteiger partial charge in [0, 0.05) is 13.6 Å². The average molecular weight is 295 g/mol. The molecule has 2 aromatic rings. The molecule has 0 bridgehead atoms. The Labute approximate surface area is 117 Å². The lowest BCUT2D eigenvalue weighted by Crippen LogP contribution is -2.25. The molecule has 1 aromatic carbocycles. The summed E-state index contributed by atoms with van der Waals surface area (Å²) in [5.74, 6) is 0.546. The second-order valence-corrected chi connectivity index (χ2v) is 6.22. The van der Waals surface area contributed by atoms with Gasteiger partial charge in [-0.1, -0.05) is 12.1 Å². The van der Waals surface area contributed by atoms with Crippen LogP contribution in [-0.4, -0.2) is 23.2 Å². The summed E-state index contributed by atoms with van der Waals surface area (Å²) in [6.45, 7) is 2.22. The zero-order valence-corrected chi connectivity index (χ0v) is 12.2. The molecule has 0 amide bonds. The normalized spacial score (nSPS) is 11.8. The lowest BCUT2D eigenvalue weighted by molar-refractivity contribution is 0.576. The molecule has 3 N–H and O–H groups in total. The highest BCUT2D eigenvalue weighted by Crippen LogP contribution is 2.16. The molecule has 0 fully saturated rings. The number of hydrogen-bond donors (Lipinski definition) is 2. The minimum absolute atomic E-state index is 0.0942. The van der Waals surface area contributed by atoms with E-state index in [1.807, 2.05) is 0 Å². The van der Waals surface area contributed by atoms with E-state index in [-0.39, 0.29) is 11.4 Å². The molecule has 0 saturated heterocycles. The summed E-state index contributed by atoms with van der Waals surface area (Å²) in [6.07, 6.45) is 1.52. The van der Waals surface area contributed by atoms with Crippen LogP contribution in [0.1, 0.15) is 17.0 Å². The van der Waals surface area contributed by atoms with Gasteiger partial charge in [0.2, 0.25) is 10.0 Å². The topological polar surface area (TPSA) is 103 Å². The maximum Gasteiger partial charge on any atom is 0.241 e. The molecule has 0 atom stereocenters. The van der Waals surface area contributed by atoms with Gasteiger partial charge in [0.1, 0.15) is 12.2 Å². The van der Waals surface area contributed by atoms with Crippen molar-refractivity contribution in [2.24, 2.45) is 12.8 Å². The van der Waals surface area contributed by atoms with Crippen LogP contribution in [0.2, 0.25) is 0 Å². The van der Waals surface area contributed by atoms with E-state index in [2.05, 4.69) is 14.9 Å². The standard InChI is InChI=1S/C12H17N5O2S/c1-9-5-10(6-13)3-4-11(9)20(18,19)15-7-12-16-14-8-17(12)2/h3-5,8,15H,6-7,13H2,1-2H3. The van der Waals surface area contributed by atoms with Crippen molar-refractivity contribution >= 4 is 10.0 Å². The highest BCUT2D eigenvalue weighted by molar-refractivity contribution is 7.89. The van der Waals surface area contributed by atoms with Crippen molar-refractivity contribution in [3.8, 4) is 0 Å². The molecule has 0 aliphatic rings. The van der Waals surface area contributed by atoms with E-state index in [1.165, 1.54) is 6.33 Å². The lowest BCUT2D eigenvalue weighted by Gasteiger charge is -2.10. The molecular weight excluding hydrogens is 278 g/mol. The van der Waals surface area contributed by atoms with Crippen molar-refractivity contribution in [1.29, 1.82) is 0 Å². The van der Waals surface area contributed by atoms with Gasteiger partial charge in [0.15, 0.2) is 0 Å². The number of nitrogens with two attached hydrogens (primary N) is 1. The largest absolute Gasteiger partial charge is 0.326 e. The fourth-order valence-electron chi connectivity index (χ4n) is 1.84. The Morgan fingerprint density at radius 1 is 1.40 bits per heavy atom. The first kappa shape index (κ1) is 14.6. The van der Waals surface area contributed by atoms with Gasteiger partial charge in [-0.05, 0) is 24.1 Å². The molecule has 0 aliphatic carbocycles. The Morgan fingerprint density at radius 2 is 2.15 bits per heavy atom. The highest BCUT2D eigenvalue weighted by Gasteiger charge is 2.17. The first-order valence-electron chi connectivity index (χ1n) is 6.06. The van der Waals surface area contributed by atoms with Crippen LogP contribution in [0.25, 0.3) is 0 Å². The molecule has 0 aliphatic heterocycles. The monoisotopic (exact) mass is 295 g/mol. The number of benzene rings is 1. The Hall–Kier alpha value is -1.77. The number of hydrogen-bond acceptors (Lipinski definition) is 5. The van der Waals surface area contributed by atoms with Crippen molar-refractivity contribution in [2.45, 2.75) is 24.9 Å². The highest BCUT2D eigenvalue weighted by atomic mass is 32.2. The van der Waals surface area contributed by atoms with Gasteiger partial charge in [-0.25, -0.2) is 13.1 Å². The van der Waals surface area contributed by atoms with Gasteiger partial charge in [-0.3, -0.25) is 0 Å². The van der Waals surface area contributed by atoms with E-state index in [4.69, 9.17) is 5.73 Å². The van der Waals surface area contributed by atoms with Gasteiger partial charge in [0.25, 0.3) is 0 Å². The SMILES string of the molecule is Cc1cc(CN)ccc1S(=O)(=O)NCc1nncn1C. The summed E-state index contributed by atoms with van der Waals surface area (Å²) in [7, 11) is -1.83. The number of nitrogens with zero attached hydrogens (tertiary/aromatic N) is 3. The zero-order chi connectivity index (χ0) is 14.8. The van der Waals surface area contributed by atoms with Crippen molar-refractivity contribution in [3.63, 3.8) is 0 Å². The third kappa shape index (κ3) is 3.03. The van der Waals surface area contributed by atoms with E-state index in [0.29, 0.717) is 17.9 Å². The van der Waals surface area contributed by atoms with Crippen LogP contribution in [0.4, 0.5) is 0 Å². The minimum Gasteiger partial charge on any atom is -0.326 e.